The van der Waals surface area contributed by atoms with Crippen molar-refractivity contribution in [2.24, 2.45) is 0 Å². The van der Waals surface area contributed by atoms with Gasteiger partial charge in [0, 0.05) is 12.1 Å². The van der Waals surface area contributed by atoms with Gasteiger partial charge in [-0.25, -0.2) is 16.8 Å². The lowest BCUT2D eigenvalue weighted by Crippen LogP contribution is -2.17. The zero-order valence-corrected chi connectivity index (χ0v) is 13.1. The van der Waals surface area contributed by atoms with Crippen molar-refractivity contribution in [1.82, 2.24) is 0 Å². The van der Waals surface area contributed by atoms with Gasteiger partial charge < -0.3 is 5.11 Å². The highest BCUT2D eigenvalue weighted by Gasteiger charge is 2.14. The van der Waals surface area contributed by atoms with Crippen LogP contribution in [0, 0.1) is 0 Å². The van der Waals surface area contributed by atoms with Crippen LogP contribution in [-0.2, 0) is 24.7 Å². The molecule has 0 saturated heterocycles. The monoisotopic (exact) mass is 335 g/mol. The van der Waals surface area contributed by atoms with E-state index in [1.807, 2.05) is 0 Å². The second-order valence-corrected chi connectivity index (χ2v) is 8.47. The molecule has 0 aliphatic carbocycles. The van der Waals surface area contributed by atoms with Crippen LogP contribution in [0.25, 0.3) is 0 Å². The molecule has 9 heteroatoms. The van der Waals surface area contributed by atoms with Gasteiger partial charge in [-0.15, -0.1) is 0 Å². The van der Waals surface area contributed by atoms with Crippen molar-refractivity contribution in [3.63, 3.8) is 0 Å². The van der Waals surface area contributed by atoms with Crippen molar-refractivity contribution >= 4 is 31.5 Å². The highest BCUT2D eigenvalue weighted by molar-refractivity contribution is 7.92. The van der Waals surface area contributed by atoms with Crippen LogP contribution in [0.15, 0.2) is 29.2 Å². The van der Waals surface area contributed by atoms with Crippen LogP contribution in [0.2, 0.25) is 0 Å². The zero-order chi connectivity index (χ0) is 16.1. The lowest BCUT2D eigenvalue weighted by molar-refractivity contribution is -0.137. The van der Waals surface area contributed by atoms with E-state index in [9.17, 15) is 21.6 Å². The Kier molecular flexibility index (Phi) is 5.73. The number of hydrogen-bond acceptors (Lipinski definition) is 5. The van der Waals surface area contributed by atoms with Crippen LogP contribution >= 0.6 is 0 Å². The first-order valence-corrected chi connectivity index (χ1v) is 9.52. The van der Waals surface area contributed by atoms with Gasteiger partial charge in [0.05, 0.1) is 16.4 Å². The minimum Gasteiger partial charge on any atom is -0.481 e. The number of rotatable bonds is 8. The Labute approximate surface area is 124 Å². The molecule has 21 heavy (non-hydrogen) atoms. The Morgan fingerprint density at radius 2 is 1.71 bits per heavy atom. The van der Waals surface area contributed by atoms with Crippen molar-refractivity contribution in [1.29, 1.82) is 0 Å². The molecule has 0 bridgehead atoms. The summed E-state index contributed by atoms with van der Waals surface area (Å²) in [5, 5.41) is 8.46. The maximum Gasteiger partial charge on any atom is 0.303 e. The van der Waals surface area contributed by atoms with Gasteiger partial charge in [-0.1, -0.05) is 6.92 Å². The third-order valence-electron chi connectivity index (χ3n) is 2.67. The summed E-state index contributed by atoms with van der Waals surface area (Å²) < 4.78 is 48.9. The molecule has 0 aliphatic rings. The first kappa shape index (κ1) is 17.4. The van der Waals surface area contributed by atoms with Gasteiger partial charge in [0.25, 0.3) is 0 Å². The van der Waals surface area contributed by atoms with Gasteiger partial charge >= 0.3 is 5.97 Å². The molecule has 2 N–H and O–H groups in total. The molecule has 0 heterocycles. The molecule has 0 aromatic heterocycles. The maximum absolute atomic E-state index is 11.7. The van der Waals surface area contributed by atoms with E-state index in [0.717, 1.165) is 0 Å². The molecule has 0 spiro atoms. The number of sulfonamides is 1. The Morgan fingerprint density at radius 1 is 1.14 bits per heavy atom. The van der Waals surface area contributed by atoms with E-state index in [1.165, 1.54) is 31.2 Å². The molecule has 7 nitrogen and oxygen atoms in total. The number of nitrogens with one attached hydrogen (secondary N) is 1. The smallest absolute Gasteiger partial charge is 0.303 e. The molecule has 0 aliphatic heterocycles. The predicted octanol–water partition coefficient (Wildman–Crippen LogP) is 1.09. The van der Waals surface area contributed by atoms with Crippen molar-refractivity contribution < 1.29 is 26.7 Å². The zero-order valence-electron chi connectivity index (χ0n) is 11.4. The van der Waals surface area contributed by atoms with Crippen molar-refractivity contribution in [3.8, 4) is 0 Å². The van der Waals surface area contributed by atoms with Crippen molar-refractivity contribution in [3.05, 3.63) is 24.3 Å². The van der Waals surface area contributed by atoms with Gasteiger partial charge in [0.1, 0.15) is 0 Å². The van der Waals surface area contributed by atoms with Crippen LogP contribution in [0.4, 0.5) is 5.69 Å². The van der Waals surface area contributed by atoms with E-state index < -0.39 is 25.8 Å². The molecule has 118 valence electrons. The van der Waals surface area contributed by atoms with E-state index in [4.69, 9.17) is 5.11 Å². The lowest BCUT2D eigenvalue weighted by atomic mass is 10.3. The number of anilines is 1. The fourth-order valence-electron chi connectivity index (χ4n) is 1.54. The van der Waals surface area contributed by atoms with Crippen LogP contribution in [0.1, 0.15) is 19.8 Å². The molecular formula is C12H17NO6S2. The van der Waals surface area contributed by atoms with E-state index in [0.29, 0.717) is 0 Å². The quantitative estimate of drug-likeness (QED) is 0.734. The van der Waals surface area contributed by atoms with Crippen LogP contribution in [0.5, 0.6) is 0 Å². The number of carbonyl (C=O) groups is 1. The Morgan fingerprint density at radius 3 is 2.19 bits per heavy atom. The Bertz CT molecular complexity index is 692. The van der Waals surface area contributed by atoms with Gasteiger partial charge in [-0.2, -0.15) is 0 Å². The average molecular weight is 335 g/mol. The molecule has 0 unspecified atom stereocenters. The highest BCUT2D eigenvalue weighted by Crippen LogP contribution is 2.16. The van der Waals surface area contributed by atoms with Crippen molar-refractivity contribution in [2.75, 3.05) is 16.2 Å². The molecule has 1 aromatic rings. The van der Waals surface area contributed by atoms with Crippen molar-refractivity contribution in [2.45, 2.75) is 24.7 Å². The van der Waals surface area contributed by atoms with Gasteiger partial charge in [-0.3, -0.25) is 9.52 Å². The Balaban J connectivity index is 2.73. The molecule has 1 rings (SSSR count). The molecule has 0 radical (unpaired) electrons. The summed E-state index contributed by atoms with van der Waals surface area (Å²) in [5.74, 6) is -1.40. The highest BCUT2D eigenvalue weighted by atomic mass is 32.2. The predicted molar refractivity (Wildman–Crippen MR) is 78.4 cm³/mol. The fourth-order valence-corrected chi connectivity index (χ4v) is 3.55. The summed E-state index contributed by atoms with van der Waals surface area (Å²) in [4.78, 5) is 10.5. The normalized spacial score (nSPS) is 12.0. The Hall–Kier alpha value is -1.61. The number of hydrogen-bond donors (Lipinski definition) is 2. The summed E-state index contributed by atoms with van der Waals surface area (Å²) in [5.41, 5.74) is 0.236. The second kappa shape index (κ2) is 6.90. The van der Waals surface area contributed by atoms with Crippen LogP contribution < -0.4 is 4.72 Å². The standard InChI is InChI=1S/C12H17NO6S2/c1-2-20(16,17)11-7-5-10(6-8-11)13-21(18,19)9-3-4-12(14)15/h5-8,13H,2-4,9H2,1H3,(H,14,15). The number of carboxylic acids is 1. The van der Waals surface area contributed by atoms with Gasteiger partial charge in [0.2, 0.25) is 10.0 Å². The first-order valence-electron chi connectivity index (χ1n) is 6.21. The van der Waals surface area contributed by atoms with E-state index >= 15 is 0 Å². The molecular weight excluding hydrogens is 318 g/mol. The van der Waals surface area contributed by atoms with Gasteiger partial charge in [-0.05, 0) is 30.7 Å². The molecule has 0 saturated carbocycles. The number of benzene rings is 1. The van der Waals surface area contributed by atoms with E-state index in [1.54, 1.807) is 0 Å². The number of aliphatic carboxylic acids is 1. The molecule has 0 atom stereocenters. The lowest BCUT2D eigenvalue weighted by Gasteiger charge is -2.08. The largest absolute Gasteiger partial charge is 0.481 e. The SMILES string of the molecule is CCS(=O)(=O)c1ccc(NS(=O)(=O)CCCC(=O)O)cc1. The average Bonchev–Trinajstić information content (AvgIpc) is 2.38. The first-order chi connectivity index (χ1) is 9.66. The molecule has 0 amide bonds. The number of sulfone groups is 1. The molecule has 0 fully saturated rings. The maximum atomic E-state index is 11.7. The third-order valence-corrected chi connectivity index (χ3v) is 5.79. The third kappa shape index (κ3) is 5.72. The summed E-state index contributed by atoms with van der Waals surface area (Å²) in [6.07, 6.45) is -0.221. The van der Waals surface area contributed by atoms with Crippen LogP contribution in [0.3, 0.4) is 0 Å². The number of carboxylic acid groups (broad SMARTS) is 1. The summed E-state index contributed by atoms with van der Waals surface area (Å²) >= 11 is 0. The summed E-state index contributed by atoms with van der Waals surface area (Å²) in [7, 11) is -6.97. The van der Waals surface area contributed by atoms with Crippen LogP contribution in [-0.4, -0.2) is 39.4 Å². The summed E-state index contributed by atoms with van der Waals surface area (Å²) in [6.45, 7) is 1.52. The second-order valence-electron chi connectivity index (χ2n) is 4.35. The van der Waals surface area contributed by atoms with E-state index in [2.05, 4.69) is 4.72 Å². The minimum atomic E-state index is -3.65. The summed E-state index contributed by atoms with van der Waals surface area (Å²) in [6, 6.07) is 5.37. The fraction of sp³-hybridized carbons (Fsp3) is 0.417. The topological polar surface area (TPSA) is 118 Å². The van der Waals surface area contributed by atoms with Gasteiger partial charge in [0.15, 0.2) is 9.84 Å². The molecule has 1 aromatic carbocycles. The van der Waals surface area contributed by atoms with E-state index in [-0.39, 0.29) is 34.9 Å². The minimum absolute atomic E-state index is 0.00691.